The zero-order valence-electron chi connectivity index (χ0n) is 16.1. The van der Waals surface area contributed by atoms with E-state index in [1.54, 1.807) is 14.2 Å². The molecule has 1 atom stereocenters. The van der Waals surface area contributed by atoms with E-state index in [9.17, 15) is 4.57 Å². The van der Waals surface area contributed by atoms with E-state index < -0.39 is 7.14 Å². The second-order valence-electron chi connectivity index (χ2n) is 8.07. The largest absolute Gasteiger partial charge is 0.496 e. The zero-order valence-corrected chi connectivity index (χ0v) is 17.0. The smallest absolute Gasteiger partial charge is 0.152 e. The highest BCUT2D eigenvalue weighted by Crippen LogP contribution is 2.58. The lowest BCUT2D eigenvalue weighted by Gasteiger charge is -2.22. The van der Waals surface area contributed by atoms with Crippen LogP contribution in [-0.4, -0.2) is 27.2 Å². The third-order valence-electron chi connectivity index (χ3n) is 5.94. The molecule has 0 aromatic heterocycles. The second-order valence-corrected chi connectivity index (χ2v) is 11.0. The Labute approximate surface area is 160 Å². The van der Waals surface area contributed by atoms with Crippen molar-refractivity contribution in [2.75, 3.05) is 27.2 Å². The van der Waals surface area contributed by atoms with E-state index in [1.807, 2.05) is 24.9 Å². The van der Waals surface area contributed by atoms with Gasteiger partial charge in [-0.3, -0.25) is 0 Å². The van der Waals surface area contributed by atoms with E-state index >= 15 is 0 Å². The number of rotatable bonds is 5. The first kappa shape index (κ1) is 17.2. The van der Waals surface area contributed by atoms with Crippen LogP contribution in [0.4, 0.5) is 0 Å². The molecule has 2 aromatic carbocycles. The van der Waals surface area contributed by atoms with Crippen LogP contribution in [0.1, 0.15) is 48.6 Å². The van der Waals surface area contributed by atoms with Crippen molar-refractivity contribution in [3.05, 3.63) is 35.4 Å². The van der Waals surface area contributed by atoms with Gasteiger partial charge in [-0.15, -0.1) is 0 Å². The summed E-state index contributed by atoms with van der Waals surface area (Å²) < 4.78 is 30.9. The minimum Gasteiger partial charge on any atom is -0.496 e. The van der Waals surface area contributed by atoms with Gasteiger partial charge in [0, 0.05) is 5.56 Å². The summed E-state index contributed by atoms with van der Waals surface area (Å²) in [6.07, 6.45) is 5.08. The molecule has 0 saturated heterocycles. The van der Waals surface area contributed by atoms with Crippen molar-refractivity contribution in [1.29, 1.82) is 0 Å². The molecule has 1 heterocycles. The lowest BCUT2D eigenvalue weighted by atomic mass is 9.92. The Hall–Kier alpha value is -1.93. The summed E-state index contributed by atoms with van der Waals surface area (Å²) >= 11 is 0. The number of benzene rings is 2. The molecule has 2 aromatic rings. The molecule has 2 aliphatic carbocycles. The molecular weight excluding hydrogens is 359 g/mol. The molecule has 142 valence electrons. The average molecular weight is 384 g/mol. The van der Waals surface area contributed by atoms with Gasteiger partial charge in [-0.1, -0.05) is 12.1 Å². The average Bonchev–Trinajstić information content (AvgIpc) is 3.57. The van der Waals surface area contributed by atoms with E-state index in [2.05, 4.69) is 6.07 Å². The minimum absolute atomic E-state index is 0.266. The summed E-state index contributed by atoms with van der Waals surface area (Å²) in [6, 6.07) is 8.23. The summed E-state index contributed by atoms with van der Waals surface area (Å²) in [6.45, 7) is 1.81. The van der Waals surface area contributed by atoms with Crippen molar-refractivity contribution >= 4 is 12.4 Å². The Balaban J connectivity index is 1.85. The van der Waals surface area contributed by atoms with Crippen molar-refractivity contribution in [3.8, 4) is 28.4 Å². The molecule has 0 radical (unpaired) electrons. The second kappa shape index (κ2) is 6.04. The van der Waals surface area contributed by atoms with Gasteiger partial charge in [-0.25, -0.2) is 0 Å². The van der Waals surface area contributed by atoms with Crippen LogP contribution in [-0.2, 0) is 4.57 Å². The van der Waals surface area contributed by atoms with Crippen LogP contribution < -0.4 is 19.5 Å². The van der Waals surface area contributed by atoms with Crippen LogP contribution in [0.3, 0.4) is 0 Å². The highest BCUT2D eigenvalue weighted by atomic mass is 31.2. The summed E-state index contributed by atoms with van der Waals surface area (Å²) in [7, 11) is 0.880. The van der Waals surface area contributed by atoms with Gasteiger partial charge in [0.1, 0.15) is 23.6 Å². The van der Waals surface area contributed by atoms with Crippen molar-refractivity contribution < 1.29 is 18.8 Å². The van der Waals surface area contributed by atoms with Crippen LogP contribution in [0, 0.1) is 0 Å². The fourth-order valence-electron chi connectivity index (χ4n) is 4.36. The van der Waals surface area contributed by atoms with Crippen molar-refractivity contribution in [2.45, 2.75) is 37.5 Å². The maximum absolute atomic E-state index is 13.3. The quantitative estimate of drug-likeness (QED) is 0.674. The van der Waals surface area contributed by atoms with Gasteiger partial charge in [0.2, 0.25) is 0 Å². The molecule has 1 aliphatic heterocycles. The number of hydrogen-bond acceptors (Lipinski definition) is 4. The van der Waals surface area contributed by atoms with Gasteiger partial charge in [0.15, 0.2) is 7.14 Å². The number of methoxy groups -OCH3 is 2. The third-order valence-corrected chi connectivity index (χ3v) is 7.97. The molecule has 2 fully saturated rings. The maximum atomic E-state index is 13.3. The maximum Gasteiger partial charge on any atom is 0.152 e. The Morgan fingerprint density at radius 2 is 1.59 bits per heavy atom. The van der Waals surface area contributed by atoms with Crippen molar-refractivity contribution in [3.63, 3.8) is 0 Å². The standard InChI is InChI=1S/C22H25O4P/c1-24-20-16(13-7-8-13)11-17(14-9-10-14)21(25-2)19(20)15-5-4-6-18-22(15)27(3,23)12-26-18/h4-6,11,13-14H,7-10,12H2,1-3H3. The number of hydrogen-bond donors (Lipinski definition) is 0. The van der Waals surface area contributed by atoms with Crippen molar-refractivity contribution in [1.82, 2.24) is 0 Å². The minimum atomic E-state index is -2.58. The Morgan fingerprint density at radius 3 is 2.11 bits per heavy atom. The Kier molecular flexibility index (Phi) is 3.84. The SMILES string of the molecule is COc1c(C2CC2)cc(C2CC2)c(OC)c1-c1cccc2c1P(C)(=O)CO2. The normalized spacial score (nSPS) is 23.7. The fraction of sp³-hybridized carbons (Fsp3) is 0.455. The first-order valence-corrected chi connectivity index (χ1v) is 12.0. The van der Waals surface area contributed by atoms with Crippen molar-refractivity contribution in [2.24, 2.45) is 0 Å². The van der Waals surface area contributed by atoms with Gasteiger partial charge < -0.3 is 18.8 Å². The summed E-state index contributed by atoms with van der Waals surface area (Å²) in [5, 5.41) is 0.830. The highest BCUT2D eigenvalue weighted by Gasteiger charge is 2.39. The van der Waals surface area contributed by atoms with Crippen LogP contribution >= 0.6 is 7.14 Å². The molecule has 0 spiro atoms. The van der Waals surface area contributed by atoms with Gasteiger partial charge in [-0.2, -0.15) is 0 Å². The molecule has 0 amide bonds. The molecular formula is C22H25O4P. The highest BCUT2D eigenvalue weighted by molar-refractivity contribution is 7.71. The fourth-order valence-corrected chi connectivity index (χ4v) is 6.17. The monoisotopic (exact) mass is 384 g/mol. The topological polar surface area (TPSA) is 44.8 Å². The molecule has 27 heavy (non-hydrogen) atoms. The van der Waals surface area contributed by atoms with Crippen LogP contribution in [0.5, 0.6) is 17.2 Å². The Morgan fingerprint density at radius 1 is 1.00 bits per heavy atom. The number of fused-ring (bicyclic) bond motifs is 1. The van der Waals surface area contributed by atoms with E-state index in [4.69, 9.17) is 14.2 Å². The third kappa shape index (κ3) is 2.69. The van der Waals surface area contributed by atoms with Crippen LogP contribution in [0.15, 0.2) is 24.3 Å². The van der Waals surface area contributed by atoms with Gasteiger partial charge in [0.05, 0.1) is 25.1 Å². The molecule has 3 aliphatic rings. The molecule has 0 bridgehead atoms. The molecule has 4 nitrogen and oxygen atoms in total. The lowest BCUT2D eigenvalue weighted by molar-refractivity contribution is 0.390. The molecule has 5 rings (SSSR count). The van der Waals surface area contributed by atoms with Crippen LogP contribution in [0.2, 0.25) is 0 Å². The molecule has 0 N–H and O–H groups in total. The summed E-state index contributed by atoms with van der Waals surface area (Å²) in [5.74, 6) is 3.59. The Bertz CT molecular complexity index is 935. The molecule has 2 saturated carbocycles. The summed E-state index contributed by atoms with van der Waals surface area (Å²) in [5.41, 5.74) is 4.44. The summed E-state index contributed by atoms with van der Waals surface area (Å²) in [4.78, 5) is 0. The van der Waals surface area contributed by atoms with Gasteiger partial charge in [0.25, 0.3) is 0 Å². The lowest BCUT2D eigenvalue weighted by Crippen LogP contribution is -2.08. The van der Waals surface area contributed by atoms with Gasteiger partial charge in [-0.05, 0) is 67.4 Å². The van der Waals surface area contributed by atoms with E-state index in [0.29, 0.717) is 11.8 Å². The first-order chi connectivity index (χ1) is 13.0. The number of ether oxygens (including phenoxy) is 3. The van der Waals surface area contributed by atoms with E-state index in [-0.39, 0.29) is 6.35 Å². The van der Waals surface area contributed by atoms with Gasteiger partial charge >= 0.3 is 0 Å². The molecule has 5 heteroatoms. The van der Waals surface area contributed by atoms with E-state index in [0.717, 1.165) is 33.7 Å². The van der Waals surface area contributed by atoms with Crippen LogP contribution in [0.25, 0.3) is 11.1 Å². The molecule has 1 unspecified atom stereocenters. The first-order valence-electron chi connectivity index (χ1n) is 9.67. The zero-order chi connectivity index (χ0) is 18.8. The van der Waals surface area contributed by atoms with E-state index in [1.165, 1.54) is 36.8 Å². The predicted molar refractivity (Wildman–Crippen MR) is 108 cm³/mol. The predicted octanol–water partition coefficient (Wildman–Crippen LogP) is 5.09.